The second kappa shape index (κ2) is 8.83. The molecule has 1 amide bonds. The Labute approximate surface area is 168 Å². The summed E-state index contributed by atoms with van der Waals surface area (Å²) in [5.41, 5.74) is 0.889. The lowest BCUT2D eigenvalue weighted by molar-refractivity contribution is 0.0951. The Morgan fingerprint density at radius 1 is 1.14 bits per heavy atom. The van der Waals surface area contributed by atoms with Crippen LogP contribution in [0, 0.1) is 0 Å². The molecule has 0 aliphatic rings. The highest BCUT2D eigenvalue weighted by atomic mass is 16.2. The molecule has 0 fully saturated rings. The third-order valence-corrected chi connectivity index (χ3v) is 4.85. The molecule has 0 atom stereocenters. The van der Waals surface area contributed by atoms with Crippen LogP contribution in [0.25, 0.3) is 11.0 Å². The van der Waals surface area contributed by atoms with Gasteiger partial charge < -0.3 is 10.2 Å². The summed E-state index contributed by atoms with van der Waals surface area (Å²) in [7, 11) is 4.99. The Bertz CT molecular complexity index is 1130. The van der Waals surface area contributed by atoms with Crippen LogP contribution in [-0.2, 0) is 20.6 Å². The van der Waals surface area contributed by atoms with Gasteiger partial charge in [0, 0.05) is 33.4 Å². The molecule has 8 nitrogen and oxygen atoms in total. The highest BCUT2D eigenvalue weighted by Crippen LogP contribution is 2.07. The molecule has 3 aromatic rings. The number of benzene rings is 1. The van der Waals surface area contributed by atoms with E-state index in [4.69, 9.17) is 0 Å². The summed E-state index contributed by atoms with van der Waals surface area (Å²) < 4.78 is 2.30. The van der Waals surface area contributed by atoms with E-state index in [1.807, 2.05) is 25.2 Å². The third kappa shape index (κ3) is 4.60. The maximum atomic E-state index is 12.4. The van der Waals surface area contributed by atoms with Gasteiger partial charge >= 0.3 is 5.69 Å². The van der Waals surface area contributed by atoms with Gasteiger partial charge in [-0.2, -0.15) is 0 Å². The number of carbonyl (C=O) groups excluding carboxylic acids is 1. The summed E-state index contributed by atoms with van der Waals surface area (Å²) in [6.45, 7) is 2.21. The molecule has 0 spiro atoms. The molecular formula is C21H25N5O3. The van der Waals surface area contributed by atoms with Crippen LogP contribution in [0.3, 0.4) is 0 Å². The zero-order valence-electron chi connectivity index (χ0n) is 16.9. The molecule has 8 heteroatoms. The maximum Gasteiger partial charge on any atom is 0.332 e. The first kappa shape index (κ1) is 20.5. The molecule has 152 valence electrons. The first-order valence-corrected chi connectivity index (χ1v) is 9.45. The van der Waals surface area contributed by atoms with Crippen molar-refractivity contribution in [2.75, 3.05) is 20.1 Å². The average Bonchev–Trinajstić information content (AvgIpc) is 2.74. The van der Waals surface area contributed by atoms with E-state index in [2.05, 4.69) is 27.3 Å². The number of carbonyl (C=O) groups is 1. The minimum absolute atomic E-state index is 0.241. The summed E-state index contributed by atoms with van der Waals surface area (Å²) in [6, 6.07) is 11.7. The van der Waals surface area contributed by atoms with Gasteiger partial charge in [-0.3, -0.25) is 18.7 Å². The van der Waals surface area contributed by atoms with Crippen molar-refractivity contribution in [2.24, 2.45) is 14.1 Å². The number of aromatic nitrogens is 3. The molecule has 2 aromatic heterocycles. The second-order valence-corrected chi connectivity index (χ2v) is 7.13. The molecule has 1 N–H and O–H groups in total. The van der Waals surface area contributed by atoms with Crippen LogP contribution in [0.15, 0.2) is 52.2 Å². The summed E-state index contributed by atoms with van der Waals surface area (Å²) in [5.74, 6) is -0.291. The zero-order chi connectivity index (χ0) is 21.0. The number of nitrogens with zero attached hydrogens (tertiary/aromatic N) is 4. The highest BCUT2D eigenvalue weighted by molar-refractivity contribution is 5.96. The fraction of sp³-hybridized carbons (Fsp3) is 0.333. The van der Waals surface area contributed by atoms with Crippen LogP contribution in [0.4, 0.5) is 0 Å². The lowest BCUT2D eigenvalue weighted by Gasteiger charge is -2.16. The van der Waals surface area contributed by atoms with E-state index in [1.165, 1.54) is 29.4 Å². The molecule has 1 aromatic carbocycles. The van der Waals surface area contributed by atoms with E-state index in [-0.39, 0.29) is 16.9 Å². The van der Waals surface area contributed by atoms with Gasteiger partial charge in [0.25, 0.3) is 11.5 Å². The van der Waals surface area contributed by atoms with Crippen LogP contribution in [0.5, 0.6) is 0 Å². The number of rotatable bonds is 7. The fourth-order valence-corrected chi connectivity index (χ4v) is 3.22. The quantitative estimate of drug-likeness (QED) is 0.600. The van der Waals surface area contributed by atoms with Crippen LogP contribution >= 0.6 is 0 Å². The number of pyridine rings is 1. The summed E-state index contributed by atoms with van der Waals surface area (Å²) in [4.78, 5) is 43.1. The highest BCUT2D eigenvalue weighted by Gasteiger charge is 2.13. The van der Waals surface area contributed by atoms with E-state index in [9.17, 15) is 14.4 Å². The van der Waals surface area contributed by atoms with Gasteiger partial charge in [-0.25, -0.2) is 9.78 Å². The van der Waals surface area contributed by atoms with Crippen LogP contribution in [-0.4, -0.2) is 45.1 Å². The van der Waals surface area contributed by atoms with Crippen molar-refractivity contribution >= 4 is 16.9 Å². The minimum Gasteiger partial charge on any atom is -0.352 e. The van der Waals surface area contributed by atoms with E-state index in [1.54, 1.807) is 7.05 Å². The van der Waals surface area contributed by atoms with Crippen molar-refractivity contribution < 1.29 is 4.79 Å². The normalized spacial score (nSPS) is 11.2. The predicted molar refractivity (Wildman–Crippen MR) is 112 cm³/mol. The van der Waals surface area contributed by atoms with E-state index in [0.717, 1.165) is 24.1 Å². The molecule has 0 saturated carbocycles. The average molecular weight is 395 g/mol. The van der Waals surface area contributed by atoms with E-state index in [0.29, 0.717) is 12.1 Å². The van der Waals surface area contributed by atoms with E-state index >= 15 is 0 Å². The smallest absolute Gasteiger partial charge is 0.332 e. The van der Waals surface area contributed by atoms with Gasteiger partial charge in [-0.15, -0.1) is 0 Å². The van der Waals surface area contributed by atoms with Crippen molar-refractivity contribution in [1.82, 2.24) is 24.3 Å². The molecule has 3 rings (SSSR count). The predicted octanol–water partition coefficient (Wildman–Crippen LogP) is 0.884. The lowest BCUT2D eigenvalue weighted by Crippen LogP contribution is -2.37. The van der Waals surface area contributed by atoms with Crippen molar-refractivity contribution in [3.05, 3.63) is 74.6 Å². The Morgan fingerprint density at radius 3 is 2.59 bits per heavy atom. The third-order valence-electron chi connectivity index (χ3n) is 4.85. The number of aryl methyl sites for hydroxylation is 1. The van der Waals surface area contributed by atoms with Gasteiger partial charge in [0.15, 0.2) is 0 Å². The Balaban J connectivity index is 1.59. The van der Waals surface area contributed by atoms with Gasteiger partial charge in [0.2, 0.25) is 0 Å². The summed E-state index contributed by atoms with van der Waals surface area (Å²) >= 11 is 0. The van der Waals surface area contributed by atoms with Crippen LogP contribution in [0.1, 0.15) is 22.3 Å². The van der Waals surface area contributed by atoms with Crippen LogP contribution < -0.4 is 16.6 Å². The molecular weight excluding hydrogens is 370 g/mol. The molecule has 0 saturated heterocycles. The molecule has 0 radical (unpaired) electrons. The number of amides is 1. The Hall–Kier alpha value is -3.26. The van der Waals surface area contributed by atoms with Gasteiger partial charge in [-0.1, -0.05) is 30.3 Å². The number of fused-ring (bicyclic) bond motifs is 1. The zero-order valence-corrected chi connectivity index (χ0v) is 16.9. The first-order chi connectivity index (χ1) is 13.9. The molecule has 0 aliphatic heterocycles. The Morgan fingerprint density at radius 2 is 1.86 bits per heavy atom. The van der Waals surface area contributed by atoms with Crippen molar-refractivity contribution in [3.63, 3.8) is 0 Å². The molecule has 0 unspecified atom stereocenters. The Kier molecular flexibility index (Phi) is 6.23. The van der Waals surface area contributed by atoms with Gasteiger partial charge in [0.05, 0.1) is 10.9 Å². The number of hydrogen-bond acceptors (Lipinski definition) is 5. The first-order valence-electron chi connectivity index (χ1n) is 9.45. The molecule has 0 aliphatic carbocycles. The standard InChI is InChI=1S/C21H25N5O3/c1-24(14-15-8-5-4-6-9-15)11-7-10-22-19(27)16-12-17-18(23-13-16)25(2)21(29)26(3)20(17)28/h4-6,8-9,12-13H,7,10-11,14H2,1-3H3,(H,22,27). The van der Waals surface area contributed by atoms with Crippen LogP contribution in [0.2, 0.25) is 0 Å². The molecule has 29 heavy (non-hydrogen) atoms. The number of hydrogen-bond donors (Lipinski definition) is 1. The van der Waals surface area contributed by atoms with E-state index < -0.39 is 11.2 Å². The largest absolute Gasteiger partial charge is 0.352 e. The van der Waals surface area contributed by atoms with Gasteiger partial charge in [0.1, 0.15) is 5.65 Å². The summed E-state index contributed by atoms with van der Waals surface area (Å²) in [5, 5.41) is 3.10. The maximum absolute atomic E-state index is 12.4. The SMILES string of the molecule is CN(CCCNC(=O)c1cnc2c(c1)c(=O)n(C)c(=O)n2C)Cc1ccccc1. The van der Waals surface area contributed by atoms with Crippen molar-refractivity contribution in [3.8, 4) is 0 Å². The fourth-order valence-electron chi connectivity index (χ4n) is 3.22. The number of nitrogens with one attached hydrogen (secondary N) is 1. The monoisotopic (exact) mass is 395 g/mol. The molecule has 0 bridgehead atoms. The topological polar surface area (TPSA) is 89.2 Å². The van der Waals surface area contributed by atoms with Crippen molar-refractivity contribution in [1.29, 1.82) is 0 Å². The lowest BCUT2D eigenvalue weighted by atomic mass is 10.2. The second-order valence-electron chi connectivity index (χ2n) is 7.13. The van der Waals surface area contributed by atoms with Gasteiger partial charge in [-0.05, 0) is 31.6 Å². The minimum atomic E-state index is -0.465. The van der Waals surface area contributed by atoms with Crippen molar-refractivity contribution in [2.45, 2.75) is 13.0 Å². The summed E-state index contributed by atoms with van der Waals surface area (Å²) in [6.07, 6.45) is 2.18. The molecule has 2 heterocycles.